The van der Waals surface area contributed by atoms with Crippen molar-refractivity contribution in [1.82, 2.24) is 19.9 Å². The number of carboxylic acid groups (broad SMARTS) is 1. The maximum atomic E-state index is 13.7. The number of benzene rings is 2. The van der Waals surface area contributed by atoms with Gasteiger partial charge < -0.3 is 14.4 Å². The molecule has 188 valence electrons. The lowest BCUT2D eigenvalue weighted by molar-refractivity contribution is -0.133. The van der Waals surface area contributed by atoms with E-state index in [2.05, 4.69) is 20.0 Å². The predicted molar refractivity (Wildman–Crippen MR) is 128 cm³/mol. The largest absolute Gasteiger partial charge is 0.512 e. The third-order valence-corrected chi connectivity index (χ3v) is 6.68. The molecule has 0 fully saturated rings. The van der Waals surface area contributed by atoms with E-state index in [9.17, 15) is 18.0 Å². The van der Waals surface area contributed by atoms with Gasteiger partial charge in [0.05, 0.1) is 11.4 Å². The van der Waals surface area contributed by atoms with E-state index in [1.165, 1.54) is 23.0 Å². The van der Waals surface area contributed by atoms with Crippen molar-refractivity contribution in [1.29, 1.82) is 0 Å². The molecule has 5 aromatic rings. The van der Waals surface area contributed by atoms with E-state index in [-0.39, 0.29) is 34.6 Å². The monoisotopic (exact) mass is 546 g/mol. The molecule has 0 aliphatic heterocycles. The van der Waals surface area contributed by atoms with Crippen LogP contribution in [0, 0.1) is 0 Å². The minimum atomic E-state index is -4.55. The number of rotatable bonds is 6. The van der Waals surface area contributed by atoms with Gasteiger partial charge in [0.1, 0.15) is 4.88 Å². The fourth-order valence-electron chi connectivity index (χ4n) is 3.54. The number of ether oxygens (including phenoxy) is 1. The second-order valence-corrected chi connectivity index (χ2v) is 9.13. The summed E-state index contributed by atoms with van der Waals surface area (Å²) in [4.78, 5) is 14.3. The van der Waals surface area contributed by atoms with Crippen LogP contribution in [0.15, 0.2) is 71.4 Å². The molecule has 1 N–H and O–H groups in total. The second-order valence-electron chi connectivity index (χ2n) is 7.67. The van der Waals surface area contributed by atoms with Crippen LogP contribution in [0.1, 0.15) is 10.4 Å². The van der Waals surface area contributed by atoms with E-state index in [0.29, 0.717) is 33.0 Å². The summed E-state index contributed by atoms with van der Waals surface area (Å²) in [5, 5.41) is 16.9. The number of nitrogens with zero attached hydrogens (tertiary/aromatic N) is 4. The summed E-state index contributed by atoms with van der Waals surface area (Å²) < 4.78 is 52.4. The first-order valence-electron chi connectivity index (χ1n) is 10.5. The first-order valence-corrected chi connectivity index (χ1v) is 11.7. The molecule has 0 saturated carbocycles. The van der Waals surface area contributed by atoms with Crippen LogP contribution >= 0.6 is 22.9 Å². The minimum absolute atomic E-state index is 0.0378. The molecule has 0 aliphatic rings. The molecule has 0 atom stereocenters. The zero-order valence-corrected chi connectivity index (χ0v) is 20.0. The molecule has 0 amide bonds. The van der Waals surface area contributed by atoms with E-state index in [1.54, 1.807) is 48.5 Å². The van der Waals surface area contributed by atoms with Gasteiger partial charge in [0.25, 0.3) is 5.89 Å². The maximum Gasteiger partial charge on any atom is 0.512 e. The van der Waals surface area contributed by atoms with Crippen LogP contribution in [-0.4, -0.2) is 31.2 Å². The van der Waals surface area contributed by atoms with Crippen molar-refractivity contribution >= 4 is 29.1 Å². The summed E-state index contributed by atoms with van der Waals surface area (Å²) in [5.74, 6) is 0.0375. The lowest BCUT2D eigenvalue weighted by Gasteiger charge is -2.07. The highest BCUT2D eigenvalue weighted by molar-refractivity contribution is 7.16. The molecule has 0 aliphatic carbocycles. The molecular weight excluding hydrogens is 533 g/mol. The first kappa shape index (κ1) is 24.5. The highest BCUT2D eigenvalue weighted by atomic mass is 35.5. The predicted octanol–water partition coefficient (Wildman–Crippen LogP) is 7.11. The third-order valence-electron chi connectivity index (χ3n) is 5.16. The van der Waals surface area contributed by atoms with E-state index in [0.717, 1.165) is 0 Å². The lowest BCUT2D eigenvalue weighted by atomic mass is 10.1. The Balaban J connectivity index is 1.40. The van der Waals surface area contributed by atoms with Gasteiger partial charge in [-0.15, -0.1) is 16.4 Å². The van der Waals surface area contributed by atoms with Crippen molar-refractivity contribution in [2.45, 2.75) is 12.7 Å². The van der Waals surface area contributed by atoms with Crippen molar-refractivity contribution in [3.8, 4) is 39.2 Å². The van der Waals surface area contributed by atoms with Gasteiger partial charge in [-0.05, 0) is 23.3 Å². The molecule has 0 radical (unpaired) electrons. The van der Waals surface area contributed by atoms with Gasteiger partial charge in [0.15, 0.2) is 0 Å². The standard InChI is InChI=1S/C24H14ClF3N4O4S/c25-17-10-14(6-7-15(17)12-32-9-8-19(30-32)35-23(33)34)21-29-22(36-31-21)18-11-16(13-4-2-1-3-5-13)20(37-18)24(26,27)28/h1-11H,12H2,(H,33,34). The van der Waals surface area contributed by atoms with Gasteiger partial charge in [-0.3, -0.25) is 4.68 Å². The van der Waals surface area contributed by atoms with Crippen LogP contribution < -0.4 is 4.74 Å². The highest BCUT2D eigenvalue weighted by Crippen LogP contribution is 2.45. The molecule has 37 heavy (non-hydrogen) atoms. The van der Waals surface area contributed by atoms with Gasteiger partial charge in [0.2, 0.25) is 11.7 Å². The summed E-state index contributed by atoms with van der Waals surface area (Å²) in [7, 11) is 0. The number of hydrogen-bond acceptors (Lipinski definition) is 7. The van der Waals surface area contributed by atoms with Crippen molar-refractivity contribution in [3.05, 3.63) is 82.3 Å². The Labute approximate surface area is 215 Å². The van der Waals surface area contributed by atoms with Crippen molar-refractivity contribution in [3.63, 3.8) is 0 Å². The minimum Gasteiger partial charge on any atom is -0.449 e. The molecule has 0 saturated heterocycles. The molecular formula is C24H14ClF3N4O4S. The summed E-state index contributed by atoms with van der Waals surface area (Å²) >= 11 is 6.94. The molecule has 5 rings (SSSR count). The number of aromatic nitrogens is 4. The van der Waals surface area contributed by atoms with Gasteiger partial charge >= 0.3 is 12.3 Å². The Bertz CT molecular complexity index is 1580. The summed E-state index contributed by atoms with van der Waals surface area (Å²) in [6.45, 7) is 0.233. The molecule has 13 heteroatoms. The summed E-state index contributed by atoms with van der Waals surface area (Å²) in [6.07, 6.45) is -4.48. The normalized spacial score (nSPS) is 11.6. The molecule has 8 nitrogen and oxygen atoms in total. The quantitative estimate of drug-likeness (QED) is 0.226. The third kappa shape index (κ3) is 5.34. The maximum absolute atomic E-state index is 13.7. The Hall–Kier alpha value is -4.16. The average molecular weight is 547 g/mol. The van der Waals surface area contributed by atoms with E-state index >= 15 is 0 Å². The molecule has 0 spiro atoms. The van der Waals surface area contributed by atoms with Gasteiger partial charge in [-0.2, -0.15) is 18.2 Å². The summed E-state index contributed by atoms with van der Waals surface area (Å²) in [5.41, 5.74) is 1.63. The van der Waals surface area contributed by atoms with Crippen molar-refractivity contribution in [2.24, 2.45) is 0 Å². The van der Waals surface area contributed by atoms with E-state index < -0.39 is 17.2 Å². The first-order chi connectivity index (χ1) is 17.7. The van der Waals surface area contributed by atoms with E-state index in [1.807, 2.05) is 0 Å². The van der Waals surface area contributed by atoms with Crippen LogP contribution in [0.5, 0.6) is 5.88 Å². The zero-order chi connectivity index (χ0) is 26.2. The van der Waals surface area contributed by atoms with Gasteiger partial charge in [-0.25, -0.2) is 4.79 Å². The Morgan fingerprint density at radius 1 is 1.11 bits per heavy atom. The number of halogens is 4. The smallest absolute Gasteiger partial charge is 0.449 e. The van der Waals surface area contributed by atoms with Gasteiger partial charge in [-0.1, -0.05) is 59.2 Å². The number of hydrogen-bond donors (Lipinski definition) is 1. The Morgan fingerprint density at radius 2 is 1.89 bits per heavy atom. The molecule has 3 heterocycles. The van der Waals surface area contributed by atoms with Gasteiger partial charge in [0, 0.05) is 28.4 Å². The SMILES string of the molecule is O=C(O)Oc1ccn(Cc2ccc(-c3noc(-c4cc(-c5ccccc5)c(C(F)(F)F)s4)n3)cc2Cl)n1. The fourth-order valence-corrected chi connectivity index (χ4v) is 4.75. The topological polar surface area (TPSA) is 103 Å². The molecule has 3 aromatic heterocycles. The highest BCUT2D eigenvalue weighted by Gasteiger charge is 2.37. The van der Waals surface area contributed by atoms with E-state index in [4.69, 9.17) is 21.2 Å². The molecule has 2 aromatic carbocycles. The van der Waals surface area contributed by atoms with Crippen LogP contribution in [0.2, 0.25) is 5.02 Å². The van der Waals surface area contributed by atoms with Crippen LogP contribution in [0.25, 0.3) is 33.3 Å². The number of carbonyl (C=O) groups is 1. The number of alkyl halides is 3. The molecule has 0 unspecified atom stereocenters. The Morgan fingerprint density at radius 3 is 2.59 bits per heavy atom. The average Bonchev–Trinajstić information content (AvgIpc) is 3.60. The Kier molecular flexibility index (Phi) is 6.44. The summed E-state index contributed by atoms with van der Waals surface area (Å²) in [6, 6.07) is 16.0. The molecule has 0 bridgehead atoms. The second kappa shape index (κ2) is 9.71. The van der Waals surface area contributed by atoms with Crippen LogP contribution in [-0.2, 0) is 12.7 Å². The number of thiophene rings is 1. The van der Waals surface area contributed by atoms with Crippen molar-refractivity contribution < 1.29 is 32.3 Å². The lowest BCUT2D eigenvalue weighted by Crippen LogP contribution is -2.05. The zero-order valence-electron chi connectivity index (χ0n) is 18.4. The van der Waals surface area contributed by atoms with Crippen LogP contribution in [0.4, 0.5) is 18.0 Å². The van der Waals surface area contributed by atoms with Crippen LogP contribution in [0.3, 0.4) is 0 Å². The fraction of sp³-hybridized carbons (Fsp3) is 0.0833. The van der Waals surface area contributed by atoms with Crippen molar-refractivity contribution in [2.75, 3.05) is 0 Å².